The number of ether oxygens (including phenoxy) is 4. The number of rotatable bonds is 37. The van der Waals surface area contributed by atoms with Crippen molar-refractivity contribution in [3.8, 4) is 0 Å². The quantitative estimate of drug-likeness (QED) is 0.0383. The van der Waals surface area contributed by atoms with Crippen molar-refractivity contribution in [1.82, 2.24) is 0 Å². The predicted molar refractivity (Wildman–Crippen MR) is 195 cm³/mol. The Hall–Kier alpha value is -2.16. The Bertz CT molecular complexity index is 724. The highest BCUT2D eigenvalue weighted by atomic mass is 16.6. The van der Waals surface area contributed by atoms with Crippen LogP contribution < -0.4 is 0 Å². The topological polar surface area (TPSA) is 125 Å². The van der Waals surface area contributed by atoms with Gasteiger partial charge in [0.2, 0.25) is 0 Å². The third-order valence-electron chi connectivity index (χ3n) is 8.76. The standard InChI is InChI=1S/C40H74O9/c1-3-5-7-9-19-25-31-46-37(42)27-21-15-11-13-17-23-29-39(44)48-34-36(33-41)35-49-40(45)30-24-18-14-12-16-22-28-38(43)47-32-26-20-10-8-6-4-2/h36,41H,3-35H2,1-2H3. The molecule has 49 heavy (non-hydrogen) atoms. The summed E-state index contributed by atoms with van der Waals surface area (Å²) < 4.78 is 21.2. The summed E-state index contributed by atoms with van der Waals surface area (Å²) in [6, 6.07) is 0. The van der Waals surface area contributed by atoms with Crippen LogP contribution in [0.1, 0.15) is 194 Å². The molecule has 0 aliphatic rings. The summed E-state index contributed by atoms with van der Waals surface area (Å²) in [6.07, 6.45) is 26.8. The molecular formula is C40H74O9. The number of aliphatic hydroxyl groups is 1. The van der Waals surface area contributed by atoms with Crippen molar-refractivity contribution in [2.75, 3.05) is 33.0 Å². The maximum Gasteiger partial charge on any atom is 0.305 e. The highest BCUT2D eigenvalue weighted by molar-refractivity contribution is 5.70. The van der Waals surface area contributed by atoms with Gasteiger partial charge >= 0.3 is 23.9 Å². The van der Waals surface area contributed by atoms with Gasteiger partial charge in [0.25, 0.3) is 0 Å². The summed E-state index contributed by atoms with van der Waals surface area (Å²) in [5, 5.41) is 9.59. The summed E-state index contributed by atoms with van der Waals surface area (Å²) in [4.78, 5) is 47.8. The van der Waals surface area contributed by atoms with E-state index in [2.05, 4.69) is 13.8 Å². The molecule has 9 heteroatoms. The molecular weight excluding hydrogens is 624 g/mol. The smallest absolute Gasteiger partial charge is 0.305 e. The number of unbranched alkanes of at least 4 members (excludes halogenated alkanes) is 20. The van der Waals surface area contributed by atoms with Crippen LogP contribution in [0.2, 0.25) is 0 Å². The molecule has 1 N–H and O–H groups in total. The minimum absolute atomic E-state index is 0.0319. The zero-order chi connectivity index (χ0) is 36.0. The molecule has 0 fully saturated rings. The molecule has 0 atom stereocenters. The zero-order valence-corrected chi connectivity index (χ0v) is 31.6. The maximum absolute atomic E-state index is 12.1. The van der Waals surface area contributed by atoms with Gasteiger partial charge in [-0.15, -0.1) is 0 Å². The van der Waals surface area contributed by atoms with Gasteiger partial charge in [-0.1, -0.05) is 129 Å². The number of esters is 4. The highest BCUT2D eigenvalue weighted by Crippen LogP contribution is 2.13. The van der Waals surface area contributed by atoms with Crippen molar-refractivity contribution in [2.24, 2.45) is 5.92 Å². The minimum atomic E-state index is -0.428. The molecule has 9 nitrogen and oxygen atoms in total. The van der Waals surface area contributed by atoms with Crippen LogP contribution in [-0.4, -0.2) is 62.0 Å². The van der Waals surface area contributed by atoms with E-state index >= 15 is 0 Å². The molecule has 0 bridgehead atoms. The fraction of sp³-hybridized carbons (Fsp3) is 0.900. The third-order valence-corrected chi connectivity index (χ3v) is 8.76. The Kier molecular flexibility index (Phi) is 35.5. The van der Waals surface area contributed by atoms with Gasteiger partial charge in [-0.25, -0.2) is 0 Å². The normalized spacial score (nSPS) is 11.1. The Morgan fingerprint density at radius 3 is 0.959 bits per heavy atom. The summed E-state index contributed by atoms with van der Waals surface area (Å²) in [5.41, 5.74) is 0. The van der Waals surface area contributed by atoms with Gasteiger partial charge in [0.1, 0.15) is 0 Å². The van der Waals surface area contributed by atoms with Crippen LogP contribution in [0.4, 0.5) is 0 Å². The van der Waals surface area contributed by atoms with Crippen molar-refractivity contribution >= 4 is 23.9 Å². The Balaban J connectivity index is 3.60. The van der Waals surface area contributed by atoms with E-state index < -0.39 is 5.92 Å². The molecule has 0 saturated carbocycles. The molecule has 0 spiro atoms. The van der Waals surface area contributed by atoms with Gasteiger partial charge < -0.3 is 24.1 Å². The minimum Gasteiger partial charge on any atom is -0.466 e. The summed E-state index contributed by atoms with van der Waals surface area (Å²) in [6.45, 7) is 5.32. The SMILES string of the molecule is CCCCCCCCOC(=O)CCCCCCCCC(=O)OCC(CO)COC(=O)CCCCCCCCC(=O)OCCCCCCCC. The summed E-state index contributed by atoms with van der Waals surface area (Å²) >= 11 is 0. The van der Waals surface area contributed by atoms with Crippen molar-refractivity contribution in [3.05, 3.63) is 0 Å². The molecule has 0 heterocycles. The maximum atomic E-state index is 12.1. The van der Waals surface area contributed by atoms with E-state index in [1.165, 1.54) is 51.4 Å². The molecule has 0 aromatic rings. The fourth-order valence-electron chi connectivity index (χ4n) is 5.49. The van der Waals surface area contributed by atoms with Crippen molar-refractivity contribution in [1.29, 1.82) is 0 Å². The second-order valence-electron chi connectivity index (χ2n) is 13.6. The van der Waals surface area contributed by atoms with E-state index in [1.807, 2.05) is 0 Å². The Labute approximate surface area is 299 Å². The molecule has 0 radical (unpaired) electrons. The van der Waals surface area contributed by atoms with E-state index in [4.69, 9.17) is 18.9 Å². The van der Waals surface area contributed by atoms with E-state index in [0.717, 1.165) is 103 Å². The number of carbonyl (C=O) groups is 4. The molecule has 0 amide bonds. The van der Waals surface area contributed by atoms with Gasteiger partial charge in [-0.3, -0.25) is 19.2 Å². The molecule has 0 aliphatic heterocycles. The molecule has 0 aromatic carbocycles. The van der Waals surface area contributed by atoms with E-state index in [9.17, 15) is 24.3 Å². The molecule has 0 aliphatic carbocycles. The van der Waals surface area contributed by atoms with Crippen molar-refractivity contribution < 1.29 is 43.2 Å². The fourth-order valence-corrected chi connectivity index (χ4v) is 5.49. The third kappa shape index (κ3) is 35.5. The summed E-state index contributed by atoms with van der Waals surface area (Å²) in [7, 11) is 0. The monoisotopic (exact) mass is 699 g/mol. The molecule has 288 valence electrons. The second-order valence-corrected chi connectivity index (χ2v) is 13.6. The van der Waals surface area contributed by atoms with Gasteiger partial charge in [-0.2, -0.15) is 0 Å². The van der Waals surface area contributed by atoms with Crippen LogP contribution >= 0.6 is 0 Å². The van der Waals surface area contributed by atoms with E-state index in [-0.39, 0.29) is 43.7 Å². The average molecular weight is 699 g/mol. The first kappa shape index (κ1) is 46.8. The van der Waals surface area contributed by atoms with Gasteiger partial charge in [-0.05, 0) is 38.5 Å². The largest absolute Gasteiger partial charge is 0.466 e. The molecule has 0 unspecified atom stereocenters. The van der Waals surface area contributed by atoms with E-state index in [0.29, 0.717) is 38.9 Å². The molecule has 0 saturated heterocycles. The predicted octanol–water partition coefficient (Wildman–Crippen LogP) is 9.73. The van der Waals surface area contributed by atoms with Gasteiger partial charge in [0, 0.05) is 25.7 Å². The van der Waals surface area contributed by atoms with Crippen LogP contribution in [0.15, 0.2) is 0 Å². The lowest BCUT2D eigenvalue weighted by Crippen LogP contribution is -2.23. The van der Waals surface area contributed by atoms with Crippen LogP contribution in [-0.2, 0) is 38.1 Å². The average Bonchev–Trinajstić information content (AvgIpc) is 3.09. The second kappa shape index (κ2) is 37.1. The zero-order valence-electron chi connectivity index (χ0n) is 31.6. The lowest BCUT2D eigenvalue weighted by Gasteiger charge is -2.15. The van der Waals surface area contributed by atoms with Crippen LogP contribution in [0.25, 0.3) is 0 Å². The van der Waals surface area contributed by atoms with Gasteiger partial charge in [0.15, 0.2) is 0 Å². The van der Waals surface area contributed by atoms with Crippen LogP contribution in [0, 0.1) is 5.92 Å². The molecule has 0 rings (SSSR count). The van der Waals surface area contributed by atoms with Crippen LogP contribution in [0.5, 0.6) is 0 Å². The van der Waals surface area contributed by atoms with E-state index in [1.54, 1.807) is 0 Å². The van der Waals surface area contributed by atoms with Crippen LogP contribution in [0.3, 0.4) is 0 Å². The highest BCUT2D eigenvalue weighted by Gasteiger charge is 2.14. The first-order valence-corrected chi connectivity index (χ1v) is 20.2. The number of aliphatic hydroxyl groups excluding tert-OH is 1. The summed E-state index contributed by atoms with van der Waals surface area (Å²) in [5.74, 6) is -1.23. The van der Waals surface area contributed by atoms with Gasteiger partial charge in [0.05, 0.1) is 39.0 Å². The Morgan fingerprint density at radius 1 is 0.388 bits per heavy atom. The first-order valence-electron chi connectivity index (χ1n) is 20.2. The lowest BCUT2D eigenvalue weighted by atomic mass is 10.1. The molecule has 0 aromatic heterocycles. The Morgan fingerprint density at radius 2 is 0.653 bits per heavy atom. The number of hydrogen-bond donors (Lipinski definition) is 1. The van der Waals surface area contributed by atoms with Crippen molar-refractivity contribution in [3.63, 3.8) is 0 Å². The first-order chi connectivity index (χ1) is 23.9. The lowest BCUT2D eigenvalue weighted by molar-refractivity contribution is -0.150. The number of hydrogen-bond acceptors (Lipinski definition) is 9. The number of carbonyl (C=O) groups excluding carboxylic acids is 4. The van der Waals surface area contributed by atoms with Crippen molar-refractivity contribution in [2.45, 2.75) is 194 Å².